The molecule has 6 rings (SSSR count). The number of carbonyl (C=O) groups is 1. The van der Waals surface area contributed by atoms with Crippen molar-refractivity contribution in [3.05, 3.63) is 97.1 Å². The zero-order valence-corrected chi connectivity index (χ0v) is 46.4. The zero-order valence-electron chi connectivity index (χ0n) is 35.6. The number of nitrogens with one attached hydrogen (secondary N) is 2. The standard InChI is InChI=1S/C38H35BrClN9O11S3.3Na/c1-3-48(24-11-7-5-8-12-24)37-43-36(44-38(45-37)49(4-2)25-13-9-6-10-14-25)42-29-20-26(61(52,53)54)17-22-18-31(63(58,59)60)33(34(50)32(22)29)47-46-28-19-23(41-35(51)27(40)21-39)15-16-30(28)62(55,56)57;;;/h5-20,27,50H,3-4,21H2,1-2H3,(H,41,51)(H,52,53,54)(H,55,56,57)(H,58,59,60)(H,42,43,44,45);;;/q;3*+1/p-3. The molecule has 6 aromatic rings. The summed E-state index contributed by atoms with van der Waals surface area (Å²) in [5, 5.41) is 22.4. The molecule has 5 aromatic carbocycles. The van der Waals surface area contributed by atoms with Gasteiger partial charge in [0.05, 0.1) is 20.4 Å². The van der Waals surface area contributed by atoms with Crippen LogP contribution >= 0.6 is 27.5 Å². The molecule has 0 aliphatic rings. The number of phenolic OH excluding ortho intramolecular Hbond substituents is 1. The number of hydrogen-bond donors (Lipinski definition) is 3. The van der Waals surface area contributed by atoms with Gasteiger partial charge in [0.2, 0.25) is 23.8 Å². The van der Waals surface area contributed by atoms with Gasteiger partial charge in [-0.2, -0.15) is 15.0 Å². The van der Waals surface area contributed by atoms with E-state index in [1.54, 1.807) is 34.1 Å². The molecule has 0 aliphatic heterocycles. The molecule has 66 heavy (non-hydrogen) atoms. The number of para-hydroxylation sites is 2. The van der Waals surface area contributed by atoms with Gasteiger partial charge in [0.15, 0.2) is 5.75 Å². The van der Waals surface area contributed by atoms with Crippen molar-refractivity contribution in [3.8, 4) is 5.75 Å². The first-order valence-electron chi connectivity index (χ1n) is 18.2. The quantitative estimate of drug-likeness (QED) is 0.0404. The second-order valence-electron chi connectivity index (χ2n) is 13.0. The molecule has 28 heteroatoms. The van der Waals surface area contributed by atoms with Gasteiger partial charge in [0.1, 0.15) is 47.1 Å². The molecule has 20 nitrogen and oxygen atoms in total. The van der Waals surface area contributed by atoms with Gasteiger partial charge < -0.3 is 39.2 Å². The monoisotopic (exact) mass is 1070 g/mol. The van der Waals surface area contributed by atoms with Crippen LogP contribution in [0.1, 0.15) is 13.8 Å². The second-order valence-corrected chi connectivity index (χ2v) is 18.3. The summed E-state index contributed by atoms with van der Waals surface area (Å²) in [5.74, 6) is -1.97. The van der Waals surface area contributed by atoms with Crippen LogP contribution in [0.2, 0.25) is 0 Å². The maximum Gasteiger partial charge on any atom is 1.00 e. The van der Waals surface area contributed by atoms with Crippen molar-refractivity contribution in [1.82, 2.24) is 15.0 Å². The summed E-state index contributed by atoms with van der Waals surface area (Å²) in [4.78, 5) is 26.6. The summed E-state index contributed by atoms with van der Waals surface area (Å²) in [6.07, 6.45) is 0. The molecule has 1 unspecified atom stereocenters. The van der Waals surface area contributed by atoms with E-state index in [1.165, 1.54) is 0 Å². The molecule has 330 valence electrons. The van der Waals surface area contributed by atoms with E-state index in [9.17, 15) is 48.8 Å². The molecule has 0 saturated heterocycles. The molecule has 0 saturated carbocycles. The number of rotatable bonds is 16. The zero-order chi connectivity index (χ0) is 45.9. The number of amides is 1. The molecule has 0 bridgehead atoms. The first-order chi connectivity index (χ1) is 29.7. The number of halogens is 2. The minimum absolute atomic E-state index is 0. The Morgan fingerprint density at radius 2 is 1.27 bits per heavy atom. The summed E-state index contributed by atoms with van der Waals surface area (Å²) in [5.41, 5.74) is -1.06. The minimum Gasteiger partial charge on any atom is -0.744 e. The number of azo groups is 1. The number of phenols is 1. The van der Waals surface area contributed by atoms with Crippen LogP contribution in [0.25, 0.3) is 10.8 Å². The number of aromatic nitrogens is 3. The van der Waals surface area contributed by atoms with Gasteiger partial charge in [0.25, 0.3) is 0 Å². The molecule has 1 heterocycles. The van der Waals surface area contributed by atoms with Gasteiger partial charge in [-0.25, -0.2) is 25.3 Å². The van der Waals surface area contributed by atoms with Crippen molar-refractivity contribution in [2.75, 3.05) is 38.9 Å². The third-order valence-corrected chi connectivity index (χ3v) is 12.9. The van der Waals surface area contributed by atoms with E-state index in [0.717, 1.165) is 24.3 Å². The second kappa shape index (κ2) is 24.1. The average molecular weight is 1070 g/mol. The summed E-state index contributed by atoms with van der Waals surface area (Å²) in [6.45, 7) is 4.36. The fraction of sp³-hybridized carbons (Fsp3) is 0.158. The molecule has 1 atom stereocenters. The smallest absolute Gasteiger partial charge is 0.744 e. The third kappa shape index (κ3) is 13.7. The van der Waals surface area contributed by atoms with E-state index in [4.69, 9.17) is 16.6 Å². The van der Waals surface area contributed by atoms with Crippen LogP contribution in [0.4, 0.5) is 52.0 Å². The average Bonchev–Trinajstić information content (AvgIpc) is 3.23. The number of carbonyl (C=O) groups excluding carboxylic acids is 1. The van der Waals surface area contributed by atoms with Crippen LogP contribution in [0, 0.1) is 0 Å². The maximum absolute atomic E-state index is 12.7. The SMILES string of the molecule is CCN(c1ccccc1)c1nc(Nc2cc(S(=O)(=O)[O-])cc3cc(S(=O)(=O)[O-])c(N=Nc4cc(NC(=O)C(Cl)CBr)ccc4S(=O)(=O)[O-])c(O)c23)nc(N(CC)c2ccccc2)n1.[Na+].[Na+].[Na+]. The van der Waals surface area contributed by atoms with Gasteiger partial charge in [0, 0.05) is 40.9 Å². The van der Waals surface area contributed by atoms with Crippen molar-refractivity contribution in [1.29, 1.82) is 0 Å². The van der Waals surface area contributed by atoms with E-state index >= 15 is 0 Å². The normalized spacial score (nSPS) is 12.0. The van der Waals surface area contributed by atoms with E-state index in [-0.39, 0.29) is 118 Å². The van der Waals surface area contributed by atoms with Crippen molar-refractivity contribution in [2.45, 2.75) is 33.9 Å². The summed E-state index contributed by atoms with van der Waals surface area (Å²) < 4.78 is 112. The number of anilines is 7. The Labute approximate surface area is 459 Å². The number of aromatic hydroxyl groups is 1. The van der Waals surface area contributed by atoms with E-state index in [2.05, 4.69) is 46.8 Å². The van der Waals surface area contributed by atoms with Crippen LogP contribution in [0.5, 0.6) is 5.75 Å². The molecular formula is C38H32BrClN9Na3O11S3. The van der Waals surface area contributed by atoms with Crippen LogP contribution in [-0.2, 0) is 35.1 Å². The first kappa shape index (κ1) is 57.5. The Morgan fingerprint density at radius 1 is 0.742 bits per heavy atom. The number of fused-ring (bicyclic) bond motifs is 1. The third-order valence-electron chi connectivity index (χ3n) is 8.96. The van der Waals surface area contributed by atoms with Crippen LogP contribution < -0.4 is 109 Å². The first-order valence-corrected chi connectivity index (χ1v) is 24.0. The summed E-state index contributed by atoms with van der Waals surface area (Å²) >= 11 is 9.00. The largest absolute Gasteiger partial charge is 1.00 e. The van der Waals surface area contributed by atoms with Crippen LogP contribution in [0.15, 0.2) is 122 Å². The van der Waals surface area contributed by atoms with Crippen LogP contribution in [0.3, 0.4) is 0 Å². The van der Waals surface area contributed by atoms with Gasteiger partial charge in [-0.15, -0.1) is 21.8 Å². The van der Waals surface area contributed by atoms with Gasteiger partial charge >= 0.3 is 88.7 Å². The molecule has 0 radical (unpaired) electrons. The molecule has 1 amide bonds. The molecule has 3 N–H and O–H groups in total. The number of benzene rings is 5. The molecule has 0 fully saturated rings. The van der Waals surface area contributed by atoms with Crippen molar-refractivity contribution in [2.24, 2.45) is 10.2 Å². The maximum atomic E-state index is 12.7. The Hall–Kier alpha value is -2.86. The fourth-order valence-corrected chi connectivity index (χ4v) is 8.25. The fourth-order valence-electron chi connectivity index (χ4n) is 6.14. The Kier molecular flexibility index (Phi) is 21.0. The van der Waals surface area contributed by atoms with Crippen molar-refractivity contribution >= 4 is 127 Å². The predicted octanol–water partition coefficient (Wildman–Crippen LogP) is -2.13. The Morgan fingerprint density at radius 3 is 1.74 bits per heavy atom. The van der Waals surface area contributed by atoms with E-state index in [1.807, 2.05) is 50.2 Å². The molecular weight excluding hydrogens is 1040 g/mol. The van der Waals surface area contributed by atoms with Gasteiger partial charge in [-0.1, -0.05) is 52.3 Å². The Balaban J connectivity index is 0.00000385. The van der Waals surface area contributed by atoms with Gasteiger partial charge in [-0.05, 0) is 79.9 Å². The topological polar surface area (TPSA) is 303 Å². The summed E-state index contributed by atoms with van der Waals surface area (Å²) in [6, 6.07) is 22.9. The number of hydrogen-bond acceptors (Lipinski definition) is 19. The summed E-state index contributed by atoms with van der Waals surface area (Å²) in [7, 11) is -16.3. The minimum atomic E-state index is -5.65. The van der Waals surface area contributed by atoms with Crippen LogP contribution in [-0.4, -0.2) is 88.7 Å². The predicted molar refractivity (Wildman–Crippen MR) is 234 cm³/mol. The Bertz CT molecular complexity index is 3040. The van der Waals surface area contributed by atoms with Crippen molar-refractivity contribution in [3.63, 3.8) is 0 Å². The van der Waals surface area contributed by atoms with Crippen molar-refractivity contribution < 1.29 is 137 Å². The number of nitrogens with zero attached hydrogens (tertiary/aromatic N) is 7. The number of alkyl halides is 2. The molecule has 1 aromatic heterocycles. The molecule has 0 spiro atoms. The molecule has 0 aliphatic carbocycles. The van der Waals surface area contributed by atoms with Gasteiger partial charge in [-0.3, -0.25) is 4.79 Å². The van der Waals surface area contributed by atoms with E-state index < -0.39 is 89.9 Å². The van der Waals surface area contributed by atoms with E-state index in [0.29, 0.717) is 36.6 Å².